The fourth-order valence-corrected chi connectivity index (χ4v) is 3.71. The molecular weight excluding hydrogens is 248 g/mol. The van der Waals surface area contributed by atoms with Crippen molar-refractivity contribution in [2.75, 3.05) is 0 Å². The van der Waals surface area contributed by atoms with Crippen LogP contribution in [-0.4, -0.2) is 22.9 Å². The quantitative estimate of drug-likeness (QED) is 0.896. The van der Waals surface area contributed by atoms with Crippen LogP contribution in [0.15, 0.2) is 18.3 Å². The van der Waals surface area contributed by atoms with Crippen molar-refractivity contribution in [1.29, 1.82) is 0 Å². The molecule has 2 unspecified atom stereocenters. The molecule has 108 valence electrons. The van der Waals surface area contributed by atoms with Crippen molar-refractivity contribution in [2.45, 2.75) is 64.0 Å². The molecule has 0 saturated carbocycles. The number of Topliss-reactive ketones (excluding diaryl/α,β-unsaturated/α-hetero) is 1. The maximum atomic E-state index is 12.2. The topological polar surface area (TPSA) is 42.0 Å². The molecule has 3 heterocycles. The van der Waals surface area contributed by atoms with Crippen LogP contribution in [-0.2, 0) is 17.6 Å². The molecule has 1 aromatic rings. The smallest absolute Gasteiger partial charge is 0.139 e. The van der Waals surface area contributed by atoms with Crippen LogP contribution in [0.5, 0.6) is 0 Å². The molecule has 3 heteroatoms. The maximum Gasteiger partial charge on any atom is 0.139 e. The zero-order valence-corrected chi connectivity index (χ0v) is 12.3. The number of pyridine rings is 1. The van der Waals surface area contributed by atoms with Crippen LogP contribution in [0.4, 0.5) is 0 Å². The molecule has 0 radical (unpaired) electrons. The zero-order valence-electron chi connectivity index (χ0n) is 12.3. The number of piperidine rings is 1. The summed E-state index contributed by atoms with van der Waals surface area (Å²) >= 11 is 0. The van der Waals surface area contributed by atoms with E-state index in [1.165, 1.54) is 31.2 Å². The molecule has 2 aliphatic rings. The summed E-state index contributed by atoms with van der Waals surface area (Å²) in [6.45, 7) is 2.12. The van der Waals surface area contributed by atoms with Crippen molar-refractivity contribution in [3.8, 4) is 0 Å². The molecule has 3 rings (SSSR count). The van der Waals surface area contributed by atoms with Gasteiger partial charge in [-0.05, 0) is 49.7 Å². The minimum Gasteiger partial charge on any atom is -0.311 e. The average molecular weight is 272 g/mol. The highest BCUT2D eigenvalue weighted by Gasteiger charge is 2.34. The zero-order chi connectivity index (χ0) is 13.9. The summed E-state index contributed by atoms with van der Waals surface area (Å²) in [5.41, 5.74) is 2.15. The molecule has 0 aliphatic carbocycles. The van der Waals surface area contributed by atoms with Gasteiger partial charge in [0.15, 0.2) is 0 Å². The lowest BCUT2D eigenvalue weighted by molar-refractivity contribution is -0.119. The highest BCUT2D eigenvalue weighted by atomic mass is 16.1. The Bertz CT molecular complexity index is 456. The second-order valence-electron chi connectivity index (χ2n) is 6.41. The first-order chi connectivity index (χ1) is 9.72. The van der Waals surface area contributed by atoms with Gasteiger partial charge in [-0.1, -0.05) is 13.0 Å². The van der Waals surface area contributed by atoms with Gasteiger partial charge in [0.05, 0.1) is 0 Å². The second-order valence-corrected chi connectivity index (χ2v) is 6.41. The summed E-state index contributed by atoms with van der Waals surface area (Å²) < 4.78 is 0. The van der Waals surface area contributed by atoms with E-state index in [2.05, 4.69) is 23.3 Å². The van der Waals surface area contributed by atoms with Crippen LogP contribution in [0.3, 0.4) is 0 Å². The number of nitrogens with one attached hydrogen (secondary N) is 1. The van der Waals surface area contributed by atoms with Crippen molar-refractivity contribution >= 4 is 5.78 Å². The number of fused-ring (bicyclic) bond motifs is 2. The molecule has 2 fully saturated rings. The Kier molecular flexibility index (Phi) is 4.16. The number of aromatic nitrogens is 1. The molecule has 20 heavy (non-hydrogen) atoms. The van der Waals surface area contributed by atoms with Gasteiger partial charge in [-0.3, -0.25) is 9.78 Å². The highest BCUT2D eigenvalue weighted by Crippen LogP contribution is 2.32. The molecule has 2 atom stereocenters. The average Bonchev–Trinajstić information content (AvgIpc) is 2.78. The van der Waals surface area contributed by atoms with Crippen molar-refractivity contribution in [1.82, 2.24) is 10.3 Å². The Labute approximate surface area is 121 Å². The van der Waals surface area contributed by atoms with Crippen molar-refractivity contribution < 1.29 is 4.79 Å². The highest BCUT2D eigenvalue weighted by molar-refractivity contribution is 5.80. The summed E-state index contributed by atoms with van der Waals surface area (Å²) in [5, 5.41) is 3.63. The Balaban J connectivity index is 1.51. The first kappa shape index (κ1) is 13.7. The van der Waals surface area contributed by atoms with Gasteiger partial charge in [0.25, 0.3) is 0 Å². The van der Waals surface area contributed by atoms with Gasteiger partial charge in [0.1, 0.15) is 5.78 Å². The van der Waals surface area contributed by atoms with Crippen LogP contribution in [0.2, 0.25) is 0 Å². The number of carbonyl (C=O) groups is 1. The van der Waals surface area contributed by atoms with Gasteiger partial charge in [-0.15, -0.1) is 0 Å². The van der Waals surface area contributed by atoms with E-state index in [9.17, 15) is 4.79 Å². The predicted molar refractivity (Wildman–Crippen MR) is 79.6 cm³/mol. The first-order valence-corrected chi connectivity index (χ1v) is 7.94. The maximum absolute atomic E-state index is 12.2. The van der Waals surface area contributed by atoms with Gasteiger partial charge >= 0.3 is 0 Å². The van der Waals surface area contributed by atoms with Gasteiger partial charge in [-0.25, -0.2) is 0 Å². The van der Waals surface area contributed by atoms with Crippen LogP contribution < -0.4 is 5.32 Å². The number of ketones is 1. The third kappa shape index (κ3) is 3.26. The lowest BCUT2D eigenvalue weighted by Crippen LogP contribution is -2.38. The molecule has 2 bridgehead atoms. The Morgan fingerprint density at radius 1 is 1.30 bits per heavy atom. The third-order valence-electron chi connectivity index (χ3n) is 4.76. The minimum atomic E-state index is 0.355. The van der Waals surface area contributed by atoms with E-state index in [1.807, 2.05) is 12.3 Å². The van der Waals surface area contributed by atoms with Gasteiger partial charge in [0, 0.05) is 36.8 Å². The van der Waals surface area contributed by atoms with Crippen LogP contribution >= 0.6 is 0 Å². The molecule has 0 spiro atoms. The fourth-order valence-electron chi connectivity index (χ4n) is 3.71. The van der Waals surface area contributed by atoms with E-state index in [0.29, 0.717) is 30.2 Å². The minimum absolute atomic E-state index is 0.355. The summed E-state index contributed by atoms with van der Waals surface area (Å²) in [6, 6.07) is 5.44. The summed E-state index contributed by atoms with van der Waals surface area (Å²) in [4.78, 5) is 16.6. The van der Waals surface area contributed by atoms with E-state index in [-0.39, 0.29) is 0 Å². The van der Waals surface area contributed by atoms with E-state index in [0.717, 1.165) is 18.5 Å². The largest absolute Gasteiger partial charge is 0.311 e. The molecule has 3 nitrogen and oxygen atoms in total. The number of hydrogen-bond acceptors (Lipinski definition) is 3. The Morgan fingerprint density at radius 2 is 2.05 bits per heavy atom. The molecule has 2 saturated heterocycles. The monoisotopic (exact) mass is 272 g/mol. The van der Waals surface area contributed by atoms with Crippen LogP contribution in [0, 0.1) is 5.92 Å². The van der Waals surface area contributed by atoms with Crippen LogP contribution in [0.1, 0.15) is 50.3 Å². The number of nitrogens with zero attached hydrogens (tertiary/aromatic N) is 1. The lowest BCUT2D eigenvalue weighted by atomic mass is 9.87. The van der Waals surface area contributed by atoms with E-state index in [4.69, 9.17) is 0 Å². The molecule has 2 aliphatic heterocycles. The third-order valence-corrected chi connectivity index (χ3v) is 4.76. The van der Waals surface area contributed by atoms with Crippen molar-refractivity contribution in [2.24, 2.45) is 5.92 Å². The first-order valence-electron chi connectivity index (χ1n) is 7.94. The van der Waals surface area contributed by atoms with E-state index < -0.39 is 0 Å². The number of rotatable bonds is 5. The van der Waals surface area contributed by atoms with Crippen molar-refractivity contribution in [3.63, 3.8) is 0 Å². The summed E-state index contributed by atoms with van der Waals surface area (Å²) in [6.07, 6.45) is 9.11. The van der Waals surface area contributed by atoms with E-state index in [1.54, 1.807) is 0 Å². The summed E-state index contributed by atoms with van der Waals surface area (Å²) in [5.74, 6) is 0.948. The molecule has 0 amide bonds. The molecular formula is C17H24N2O. The lowest BCUT2D eigenvalue weighted by Gasteiger charge is -2.28. The number of carbonyl (C=O) groups excluding carboxylic acids is 1. The van der Waals surface area contributed by atoms with Gasteiger partial charge < -0.3 is 5.32 Å². The predicted octanol–water partition coefficient (Wildman–Crippen LogP) is 2.68. The number of hydrogen-bond donors (Lipinski definition) is 1. The van der Waals surface area contributed by atoms with Crippen LogP contribution in [0.25, 0.3) is 0 Å². The van der Waals surface area contributed by atoms with E-state index >= 15 is 0 Å². The number of aryl methyl sites for hydroxylation is 1. The molecule has 1 N–H and O–H groups in total. The fraction of sp³-hybridized carbons (Fsp3) is 0.647. The Morgan fingerprint density at radius 3 is 2.65 bits per heavy atom. The van der Waals surface area contributed by atoms with Gasteiger partial charge in [-0.2, -0.15) is 0 Å². The standard InChI is InChI=1S/C17H24N2O/c1-2-12-3-4-14(18-11-12)10-17(20)9-13-7-15-5-6-16(8-13)19-15/h3-4,11,13,15-16,19H,2,5-10H2,1H3. The Hall–Kier alpha value is -1.22. The van der Waals surface area contributed by atoms with Crippen molar-refractivity contribution in [3.05, 3.63) is 29.6 Å². The molecule has 0 aromatic carbocycles. The SMILES string of the molecule is CCc1ccc(CC(=O)CC2CC3CCC(C2)N3)nc1. The van der Waals surface area contributed by atoms with Gasteiger partial charge in [0.2, 0.25) is 0 Å². The molecule has 1 aromatic heterocycles. The normalized spacial score (nSPS) is 28.6. The second kappa shape index (κ2) is 6.04. The summed E-state index contributed by atoms with van der Waals surface area (Å²) in [7, 11) is 0.